The predicted molar refractivity (Wildman–Crippen MR) is 69.6 cm³/mol. The number of aromatic nitrogens is 2. The first-order valence-corrected chi connectivity index (χ1v) is 6.65. The molecule has 0 fully saturated rings. The quantitative estimate of drug-likeness (QED) is 0.745. The third-order valence-electron chi connectivity index (χ3n) is 1.69. The Morgan fingerprint density at radius 3 is 2.86 bits per heavy atom. The van der Waals surface area contributed by atoms with Crippen molar-refractivity contribution in [3.63, 3.8) is 0 Å². The molecule has 0 radical (unpaired) electrons. The summed E-state index contributed by atoms with van der Waals surface area (Å²) in [6.07, 6.45) is 0.861. The van der Waals surface area contributed by atoms with E-state index >= 15 is 0 Å². The first-order valence-electron chi connectivity index (χ1n) is 3.96. The third-order valence-corrected chi connectivity index (χ3v) is 3.77. The minimum absolute atomic E-state index is 0.861. The predicted octanol–water partition coefficient (Wildman–Crippen LogP) is 3.50. The van der Waals surface area contributed by atoms with Gasteiger partial charge in [-0.3, -0.25) is 0 Å². The van der Waals surface area contributed by atoms with Gasteiger partial charge in [0.05, 0.1) is 0 Å². The highest BCUT2D eigenvalue weighted by Crippen LogP contribution is 2.18. The summed E-state index contributed by atoms with van der Waals surface area (Å²) >= 11 is 7.27. The summed E-state index contributed by atoms with van der Waals surface area (Å²) in [5.41, 5.74) is 1.26. The SMILES string of the molecule is Brc1cccc(Cc2nnc(I)s2)c1. The van der Waals surface area contributed by atoms with Gasteiger partial charge < -0.3 is 0 Å². The molecule has 5 heteroatoms. The maximum Gasteiger partial charge on any atom is 0.178 e. The first kappa shape index (κ1) is 10.5. The average molecular weight is 381 g/mol. The molecule has 2 nitrogen and oxygen atoms in total. The molecule has 0 aliphatic carbocycles. The molecule has 14 heavy (non-hydrogen) atoms. The molecule has 2 rings (SSSR count). The molecule has 1 aromatic carbocycles. The topological polar surface area (TPSA) is 25.8 Å². The molecule has 0 saturated heterocycles. The Bertz CT molecular complexity index is 444. The van der Waals surface area contributed by atoms with Crippen LogP contribution < -0.4 is 0 Å². The van der Waals surface area contributed by atoms with Crippen molar-refractivity contribution in [2.45, 2.75) is 6.42 Å². The molecule has 0 saturated carbocycles. The lowest BCUT2D eigenvalue weighted by atomic mass is 10.2. The molecule has 0 aliphatic heterocycles. The van der Waals surface area contributed by atoms with Gasteiger partial charge in [0.25, 0.3) is 0 Å². The monoisotopic (exact) mass is 380 g/mol. The summed E-state index contributed by atoms with van der Waals surface area (Å²) in [5, 5.41) is 9.13. The van der Waals surface area contributed by atoms with Crippen molar-refractivity contribution in [3.05, 3.63) is 42.3 Å². The van der Waals surface area contributed by atoms with Crippen LogP contribution in [0.15, 0.2) is 28.7 Å². The highest BCUT2D eigenvalue weighted by atomic mass is 127. The van der Waals surface area contributed by atoms with Crippen LogP contribution >= 0.6 is 49.9 Å². The van der Waals surface area contributed by atoms with E-state index in [4.69, 9.17) is 0 Å². The standard InChI is InChI=1S/C9H6BrIN2S/c10-7-3-1-2-6(4-7)5-8-12-13-9(11)14-8/h1-4H,5H2. The summed E-state index contributed by atoms with van der Waals surface area (Å²) < 4.78 is 2.10. The molecule has 1 aromatic heterocycles. The van der Waals surface area contributed by atoms with E-state index in [1.165, 1.54) is 5.56 Å². The Labute approximate surface area is 108 Å². The van der Waals surface area contributed by atoms with Crippen LogP contribution in [-0.2, 0) is 6.42 Å². The number of rotatable bonds is 2. The number of benzene rings is 1. The first-order chi connectivity index (χ1) is 6.74. The fourth-order valence-electron chi connectivity index (χ4n) is 1.13. The van der Waals surface area contributed by atoms with Crippen LogP contribution in [0.5, 0.6) is 0 Å². The zero-order valence-electron chi connectivity index (χ0n) is 7.08. The van der Waals surface area contributed by atoms with Gasteiger partial charge in [-0.1, -0.05) is 39.4 Å². The van der Waals surface area contributed by atoms with Crippen LogP contribution in [-0.4, -0.2) is 10.2 Å². The molecular formula is C9H6BrIN2S. The fraction of sp³-hybridized carbons (Fsp3) is 0.111. The van der Waals surface area contributed by atoms with Gasteiger partial charge >= 0.3 is 0 Å². The molecule has 0 bridgehead atoms. The van der Waals surface area contributed by atoms with E-state index in [1.54, 1.807) is 11.3 Å². The van der Waals surface area contributed by atoms with E-state index in [9.17, 15) is 0 Å². The summed E-state index contributed by atoms with van der Waals surface area (Å²) in [6, 6.07) is 8.26. The molecule has 0 spiro atoms. The smallest absolute Gasteiger partial charge is 0.142 e. The van der Waals surface area contributed by atoms with Crippen molar-refractivity contribution in [1.82, 2.24) is 10.2 Å². The number of hydrogen-bond donors (Lipinski definition) is 0. The van der Waals surface area contributed by atoms with Crippen LogP contribution in [0, 0.1) is 3.01 Å². The van der Waals surface area contributed by atoms with Crippen molar-refractivity contribution in [2.75, 3.05) is 0 Å². The summed E-state index contributed by atoms with van der Waals surface area (Å²) in [4.78, 5) is 0. The van der Waals surface area contributed by atoms with E-state index in [0.29, 0.717) is 0 Å². The van der Waals surface area contributed by atoms with E-state index < -0.39 is 0 Å². The van der Waals surface area contributed by atoms with Crippen molar-refractivity contribution in [3.8, 4) is 0 Å². The van der Waals surface area contributed by atoms with Crippen LogP contribution in [0.3, 0.4) is 0 Å². The van der Waals surface area contributed by atoms with Gasteiger partial charge in [0.15, 0.2) is 3.01 Å². The number of halogens is 2. The van der Waals surface area contributed by atoms with Crippen LogP contribution in [0.1, 0.15) is 10.6 Å². The third kappa shape index (κ3) is 2.74. The molecule has 0 N–H and O–H groups in total. The zero-order chi connectivity index (χ0) is 9.97. The van der Waals surface area contributed by atoms with Crippen molar-refractivity contribution >= 4 is 49.9 Å². The molecule has 0 aliphatic rings. The minimum atomic E-state index is 0.861. The highest BCUT2D eigenvalue weighted by molar-refractivity contribution is 14.1. The van der Waals surface area contributed by atoms with Gasteiger partial charge in [0.2, 0.25) is 0 Å². The summed E-state index contributed by atoms with van der Waals surface area (Å²) in [5.74, 6) is 0. The maximum atomic E-state index is 4.09. The van der Waals surface area contributed by atoms with E-state index in [1.807, 2.05) is 12.1 Å². The van der Waals surface area contributed by atoms with Gasteiger partial charge in [-0.25, -0.2) is 0 Å². The molecular weight excluding hydrogens is 375 g/mol. The molecule has 0 unspecified atom stereocenters. The molecule has 2 aromatic rings. The Morgan fingerprint density at radius 2 is 2.21 bits per heavy atom. The van der Waals surface area contributed by atoms with Crippen LogP contribution in [0.25, 0.3) is 0 Å². The molecule has 0 atom stereocenters. The van der Waals surface area contributed by atoms with Crippen molar-refractivity contribution < 1.29 is 0 Å². The summed E-state index contributed by atoms with van der Waals surface area (Å²) in [7, 11) is 0. The lowest BCUT2D eigenvalue weighted by Gasteiger charge is -1.97. The Morgan fingerprint density at radius 1 is 1.36 bits per heavy atom. The van der Waals surface area contributed by atoms with Crippen molar-refractivity contribution in [2.24, 2.45) is 0 Å². The average Bonchev–Trinajstić information content (AvgIpc) is 2.51. The van der Waals surface area contributed by atoms with Crippen LogP contribution in [0.4, 0.5) is 0 Å². The lowest BCUT2D eigenvalue weighted by Crippen LogP contribution is -1.86. The van der Waals surface area contributed by atoms with E-state index in [-0.39, 0.29) is 0 Å². The molecule has 0 amide bonds. The van der Waals surface area contributed by atoms with E-state index in [2.05, 4.69) is 60.9 Å². The highest BCUT2D eigenvalue weighted by Gasteiger charge is 2.02. The Kier molecular flexibility index (Phi) is 3.51. The number of hydrogen-bond acceptors (Lipinski definition) is 3. The van der Waals surface area contributed by atoms with Gasteiger partial charge in [0, 0.05) is 10.9 Å². The normalized spacial score (nSPS) is 10.4. The second-order valence-electron chi connectivity index (χ2n) is 2.76. The Balaban J connectivity index is 2.18. The van der Waals surface area contributed by atoms with Gasteiger partial charge in [-0.05, 0) is 40.3 Å². The molecule has 72 valence electrons. The largest absolute Gasteiger partial charge is 0.178 e. The molecule has 1 heterocycles. The maximum absolute atomic E-state index is 4.09. The second kappa shape index (κ2) is 4.67. The van der Waals surface area contributed by atoms with E-state index in [0.717, 1.165) is 18.9 Å². The van der Waals surface area contributed by atoms with Crippen molar-refractivity contribution in [1.29, 1.82) is 0 Å². The minimum Gasteiger partial charge on any atom is -0.142 e. The van der Waals surface area contributed by atoms with Crippen LogP contribution in [0.2, 0.25) is 0 Å². The second-order valence-corrected chi connectivity index (χ2v) is 6.49. The summed E-state index contributed by atoms with van der Waals surface area (Å²) in [6.45, 7) is 0. The lowest BCUT2D eigenvalue weighted by molar-refractivity contribution is 0.991. The Hall–Kier alpha value is -0.01000. The van der Waals surface area contributed by atoms with Gasteiger partial charge in [0.1, 0.15) is 5.01 Å². The van der Waals surface area contributed by atoms with Gasteiger partial charge in [-0.2, -0.15) is 0 Å². The number of nitrogens with zero attached hydrogens (tertiary/aromatic N) is 2. The fourth-order valence-corrected chi connectivity index (χ4v) is 3.04. The van der Waals surface area contributed by atoms with Gasteiger partial charge in [-0.15, -0.1) is 10.2 Å². The zero-order valence-corrected chi connectivity index (χ0v) is 11.6.